The van der Waals surface area contributed by atoms with E-state index in [9.17, 15) is 5.26 Å². The number of allylic oxidation sites excluding steroid dienone is 2. The van der Waals surface area contributed by atoms with Crippen LogP contribution in [0.5, 0.6) is 0 Å². The summed E-state index contributed by atoms with van der Waals surface area (Å²) in [6, 6.07) is 19.3. The number of hydrogen-bond acceptors (Lipinski definition) is 3. The first-order valence-corrected chi connectivity index (χ1v) is 7.21. The van der Waals surface area contributed by atoms with Crippen molar-refractivity contribution < 1.29 is 0 Å². The highest BCUT2D eigenvalue weighted by atomic mass is 15.0. The van der Waals surface area contributed by atoms with Gasteiger partial charge < -0.3 is 4.57 Å². The first-order chi connectivity index (χ1) is 11.2. The summed E-state index contributed by atoms with van der Waals surface area (Å²) in [5.41, 5.74) is 2.67. The van der Waals surface area contributed by atoms with E-state index in [1.165, 1.54) is 0 Å². The number of fused-ring (bicyclic) bond motifs is 3. The van der Waals surface area contributed by atoms with Crippen molar-refractivity contribution in [2.45, 2.75) is 13.5 Å². The lowest BCUT2D eigenvalue weighted by Crippen LogP contribution is -1.94. The maximum atomic E-state index is 9.33. The van der Waals surface area contributed by atoms with E-state index >= 15 is 0 Å². The minimum atomic E-state index is -0.161. The monoisotopic (exact) mass is 296 g/mol. The van der Waals surface area contributed by atoms with Crippen LogP contribution in [0.1, 0.15) is 12.5 Å². The molecule has 1 heterocycles. The lowest BCUT2D eigenvalue weighted by Gasteiger charge is -2.05. The molecule has 108 valence electrons. The van der Waals surface area contributed by atoms with Crippen LogP contribution < -0.4 is 0 Å². The number of nitrogens with zero attached hydrogens (tertiary/aromatic N) is 4. The molecule has 0 spiro atoms. The summed E-state index contributed by atoms with van der Waals surface area (Å²) in [5, 5.41) is 29.6. The minimum Gasteiger partial charge on any atom is -0.341 e. The zero-order valence-electron chi connectivity index (χ0n) is 12.5. The molecule has 0 aliphatic rings. The second-order valence-corrected chi connectivity index (χ2v) is 5.08. The molecule has 0 aliphatic heterocycles. The van der Waals surface area contributed by atoms with Crippen LogP contribution in [-0.4, -0.2) is 4.57 Å². The highest BCUT2D eigenvalue weighted by Crippen LogP contribution is 2.31. The van der Waals surface area contributed by atoms with Crippen LogP contribution >= 0.6 is 0 Å². The van der Waals surface area contributed by atoms with Gasteiger partial charge in [0.2, 0.25) is 0 Å². The number of aryl methyl sites for hydroxylation is 1. The van der Waals surface area contributed by atoms with Gasteiger partial charge in [-0.1, -0.05) is 30.3 Å². The summed E-state index contributed by atoms with van der Waals surface area (Å²) in [7, 11) is 0. The summed E-state index contributed by atoms with van der Waals surface area (Å²) in [5.74, 6) is 0. The first-order valence-electron chi connectivity index (χ1n) is 7.21. The normalized spacial score (nSPS) is 10.0. The predicted molar refractivity (Wildman–Crippen MR) is 88.9 cm³/mol. The van der Waals surface area contributed by atoms with Crippen LogP contribution in [0.25, 0.3) is 27.4 Å². The van der Waals surface area contributed by atoms with Crippen LogP contribution in [0.2, 0.25) is 0 Å². The van der Waals surface area contributed by atoms with Gasteiger partial charge in [-0.05, 0) is 24.6 Å². The number of rotatable bonds is 2. The van der Waals surface area contributed by atoms with E-state index in [0.29, 0.717) is 5.56 Å². The fourth-order valence-electron chi connectivity index (χ4n) is 2.95. The topological polar surface area (TPSA) is 76.3 Å². The Morgan fingerprint density at radius 2 is 1.61 bits per heavy atom. The molecule has 0 bridgehead atoms. The third-order valence-corrected chi connectivity index (χ3v) is 3.96. The van der Waals surface area contributed by atoms with Gasteiger partial charge in [0.25, 0.3) is 0 Å². The molecule has 23 heavy (non-hydrogen) atoms. The van der Waals surface area contributed by atoms with Gasteiger partial charge in [-0.3, -0.25) is 0 Å². The van der Waals surface area contributed by atoms with Crippen molar-refractivity contribution in [1.29, 1.82) is 15.8 Å². The second-order valence-electron chi connectivity index (χ2n) is 5.08. The number of benzene rings is 2. The van der Waals surface area contributed by atoms with Crippen molar-refractivity contribution in [3.05, 3.63) is 53.6 Å². The Hall–Kier alpha value is -3.55. The van der Waals surface area contributed by atoms with E-state index in [-0.39, 0.29) is 11.1 Å². The first kappa shape index (κ1) is 14.4. The molecule has 0 atom stereocenters. The average molecular weight is 296 g/mol. The third-order valence-electron chi connectivity index (χ3n) is 3.96. The molecule has 0 N–H and O–H groups in total. The lowest BCUT2D eigenvalue weighted by atomic mass is 10.0. The van der Waals surface area contributed by atoms with Crippen LogP contribution in [0.3, 0.4) is 0 Å². The van der Waals surface area contributed by atoms with Crippen LogP contribution in [-0.2, 0) is 6.54 Å². The molecule has 0 saturated carbocycles. The molecule has 3 rings (SSSR count). The average Bonchev–Trinajstić information content (AvgIpc) is 2.92. The fraction of sp³-hybridized carbons (Fsp3) is 0.105. The van der Waals surface area contributed by atoms with Crippen LogP contribution in [0, 0.1) is 34.0 Å². The number of nitriles is 3. The van der Waals surface area contributed by atoms with Crippen LogP contribution in [0.4, 0.5) is 0 Å². The third kappa shape index (κ3) is 2.13. The molecule has 2 aromatic carbocycles. The van der Waals surface area contributed by atoms with Gasteiger partial charge in [0.15, 0.2) is 0 Å². The Labute approximate surface area is 133 Å². The van der Waals surface area contributed by atoms with Crippen molar-refractivity contribution in [2.24, 2.45) is 0 Å². The van der Waals surface area contributed by atoms with E-state index in [1.807, 2.05) is 30.3 Å². The van der Waals surface area contributed by atoms with Crippen molar-refractivity contribution in [3.8, 4) is 18.2 Å². The summed E-state index contributed by atoms with van der Waals surface area (Å²) >= 11 is 0. The summed E-state index contributed by atoms with van der Waals surface area (Å²) in [6.07, 6.45) is 0. The van der Waals surface area contributed by atoms with Gasteiger partial charge in [-0.25, -0.2) is 0 Å². The quantitative estimate of drug-likeness (QED) is 0.667. The standard InChI is InChI=1S/C19H12N4/c1-2-23-18-6-4-3-5-15(18)16-8-7-13(9-19(16)23)17(12-22)14(10-20)11-21/h3-9H,2H2,1H3. The van der Waals surface area contributed by atoms with Gasteiger partial charge in [0.05, 0.1) is 5.57 Å². The van der Waals surface area contributed by atoms with Crippen molar-refractivity contribution in [2.75, 3.05) is 0 Å². The summed E-state index contributed by atoms with van der Waals surface area (Å²) in [4.78, 5) is 0. The molecule has 1 aromatic heterocycles. The van der Waals surface area contributed by atoms with E-state index in [0.717, 1.165) is 28.4 Å². The van der Waals surface area contributed by atoms with Crippen molar-refractivity contribution in [3.63, 3.8) is 0 Å². The molecule has 4 nitrogen and oxygen atoms in total. The molecular weight excluding hydrogens is 284 g/mol. The number of hydrogen-bond donors (Lipinski definition) is 0. The molecule has 0 radical (unpaired) electrons. The number of para-hydroxylation sites is 1. The Kier molecular flexibility index (Phi) is 3.55. The van der Waals surface area contributed by atoms with Gasteiger partial charge >= 0.3 is 0 Å². The van der Waals surface area contributed by atoms with Crippen LogP contribution in [0.15, 0.2) is 48.0 Å². The molecule has 4 heteroatoms. The van der Waals surface area contributed by atoms with Crippen molar-refractivity contribution in [1.82, 2.24) is 4.57 Å². The zero-order valence-corrected chi connectivity index (χ0v) is 12.5. The SMILES string of the molecule is CCn1c2ccccc2c2ccc(C(C#N)=C(C#N)C#N)cc21. The Bertz CT molecular complexity index is 1060. The molecular formula is C19H12N4. The minimum absolute atomic E-state index is 0.116. The van der Waals surface area contributed by atoms with Gasteiger partial charge in [0, 0.05) is 28.4 Å². The Morgan fingerprint density at radius 1 is 0.913 bits per heavy atom. The Morgan fingerprint density at radius 3 is 2.26 bits per heavy atom. The second kappa shape index (κ2) is 5.68. The van der Waals surface area contributed by atoms with Crippen molar-refractivity contribution >= 4 is 27.4 Å². The fourth-order valence-corrected chi connectivity index (χ4v) is 2.95. The van der Waals surface area contributed by atoms with E-state index < -0.39 is 0 Å². The Balaban J connectivity index is 2.39. The van der Waals surface area contributed by atoms with Gasteiger partial charge in [-0.15, -0.1) is 0 Å². The van der Waals surface area contributed by atoms with Gasteiger partial charge in [0.1, 0.15) is 23.8 Å². The highest BCUT2D eigenvalue weighted by molar-refractivity contribution is 6.09. The van der Waals surface area contributed by atoms with E-state index in [2.05, 4.69) is 23.6 Å². The molecule has 3 aromatic rings. The maximum Gasteiger partial charge on any atom is 0.148 e. The van der Waals surface area contributed by atoms with E-state index in [1.54, 1.807) is 18.2 Å². The molecule has 0 saturated heterocycles. The summed E-state index contributed by atoms with van der Waals surface area (Å²) in [6.45, 7) is 2.86. The van der Waals surface area contributed by atoms with Gasteiger partial charge in [-0.2, -0.15) is 15.8 Å². The smallest absolute Gasteiger partial charge is 0.148 e. The predicted octanol–water partition coefficient (Wildman–Crippen LogP) is 4.14. The summed E-state index contributed by atoms with van der Waals surface area (Å²) < 4.78 is 2.17. The lowest BCUT2D eigenvalue weighted by molar-refractivity contribution is 0.827. The highest BCUT2D eigenvalue weighted by Gasteiger charge is 2.13. The number of aromatic nitrogens is 1. The molecule has 0 amide bonds. The molecule has 0 unspecified atom stereocenters. The molecule has 0 fully saturated rings. The molecule has 0 aliphatic carbocycles. The van der Waals surface area contributed by atoms with E-state index in [4.69, 9.17) is 10.5 Å². The maximum absolute atomic E-state index is 9.33. The zero-order chi connectivity index (χ0) is 16.4. The largest absolute Gasteiger partial charge is 0.341 e.